The summed E-state index contributed by atoms with van der Waals surface area (Å²) in [6.07, 6.45) is -1.55. The summed E-state index contributed by atoms with van der Waals surface area (Å²) < 4.78 is 41.6. The Morgan fingerprint density at radius 2 is 1.45 bits per heavy atom. The minimum absolute atomic E-state index is 0.268. The van der Waals surface area contributed by atoms with Gasteiger partial charge in [0.05, 0.1) is 0 Å². The average molecular weight is 401 g/mol. The summed E-state index contributed by atoms with van der Waals surface area (Å²) in [7, 11) is 0. The van der Waals surface area contributed by atoms with Gasteiger partial charge < -0.3 is 20.3 Å². The van der Waals surface area contributed by atoms with Gasteiger partial charge in [-0.05, 0) is 36.4 Å². The van der Waals surface area contributed by atoms with Crippen LogP contribution in [-0.4, -0.2) is 18.2 Å². The number of alkyl halides is 3. The van der Waals surface area contributed by atoms with Crippen molar-refractivity contribution in [1.29, 1.82) is 0 Å². The summed E-state index contributed by atoms with van der Waals surface area (Å²) in [5.74, 6) is -1.35. The van der Waals surface area contributed by atoms with Crippen LogP contribution in [0, 0.1) is 0 Å². The fraction of sp³-hybridized carbons (Fsp3) is 0.0500. The second-order valence-corrected chi connectivity index (χ2v) is 5.76. The van der Waals surface area contributed by atoms with E-state index >= 15 is 0 Å². The van der Waals surface area contributed by atoms with Crippen LogP contribution in [0.3, 0.4) is 0 Å². The molecule has 3 aromatic rings. The number of amides is 2. The van der Waals surface area contributed by atoms with Crippen molar-refractivity contribution in [2.24, 2.45) is 0 Å². The van der Waals surface area contributed by atoms with E-state index in [2.05, 4.69) is 15.5 Å². The number of carbonyl (C=O) groups excluding carboxylic acids is 2. The Morgan fingerprint density at radius 3 is 2.03 bits per heavy atom. The highest BCUT2D eigenvalue weighted by Gasteiger charge is 2.30. The summed E-state index contributed by atoms with van der Waals surface area (Å²) in [5, 5.41) is 2.55. The number of carbonyl (C=O) groups is 2. The third-order valence-electron chi connectivity index (χ3n) is 3.65. The zero-order valence-corrected chi connectivity index (χ0v) is 14.8. The molecule has 0 saturated carbocycles. The topological polar surface area (TPSA) is 73.4 Å². The van der Waals surface area contributed by atoms with Crippen LogP contribution in [0.4, 0.5) is 18.9 Å². The van der Waals surface area contributed by atoms with E-state index < -0.39 is 23.9 Å². The molecule has 9 heteroatoms. The van der Waals surface area contributed by atoms with Crippen LogP contribution in [0.2, 0.25) is 0 Å². The van der Waals surface area contributed by atoms with Crippen LogP contribution in [0.5, 0.6) is 5.75 Å². The molecule has 0 radical (unpaired) electrons. The van der Waals surface area contributed by atoms with Crippen LogP contribution in [0.15, 0.2) is 79.1 Å². The second-order valence-electron chi connectivity index (χ2n) is 5.76. The zero-order chi connectivity index (χ0) is 20.9. The minimum Gasteiger partial charge on any atom is -0.406 e. The van der Waals surface area contributed by atoms with Crippen LogP contribution >= 0.6 is 0 Å². The number of nitrogens with one attached hydrogen (secondary N) is 1. The van der Waals surface area contributed by atoms with E-state index in [1.54, 1.807) is 30.6 Å². The molecule has 3 rings (SSSR count). The number of ether oxygens (including phenoxy) is 1. The molecule has 6 nitrogen and oxygen atoms in total. The largest absolute Gasteiger partial charge is 0.573 e. The average Bonchev–Trinajstić information content (AvgIpc) is 2.69. The van der Waals surface area contributed by atoms with Gasteiger partial charge in [-0.25, -0.2) is 4.68 Å². The van der Waals surface area contributed by atoms with E-state index in [0.29, 0.717) is 11.3 Å². The van der Waals surface area contributed by atoms with Gasteiger partial charge in [0.15, 0.2) is 12.4 Å². The minimum atomic E-state index is -4.78. The molecule has 29 heavy (non-hydrogen) atoms. The Balaban J connectivity index is 1.61. The first-order valence-corrected chi connectivity index (χ1v) is 8.30. The van der Waals surface area contributed by atoms with Gasteiger partial charge in [-0.15, -0.1) is 13.2 Å². The smallest absolute Gasteiger partial charge is 0.406 e. The summed E-state index contributed by atoms with van der Waals surface area (Å²) in [6, 6.07) is 15.8. The predicted octanol–water partition coefficient (Wildman–Crippen LogP) is 4.10. The molecular formula is C20H14F3N3O3. The molecule has 1 aromatic heterocycles. The molecule has 1 heterocycles. The number of anilines is 1. The fourth-order valence-electron chi connectivity index (χ4n) is 2.33. The highest BCUT2D eigenvalue weighted by molar-refractivity contribution is 6.06. The number of pyridine rings is 1. The van der Waals surface area contributed by atoms with Gasteiger partial charge >= 0.3 is 6.36 Å². The SMILES string of the molecule is O=C([N-][n+]1ccccc1)c1ccc(C(=O)Nc2ccc(OC(F)(F)F)cc2)cc1. The summed E-state index contributed by atoms with van der Waals surface area (Å²) in [6.45, 7) is 0. The number of hydrogen-bond donors (Lipinski definition) is 1. The Labute approximate surface area is 163 Å². The Bertz CT molecular complexity index is 989. The van der Waals surface area contributed by atoms with Gasteiger partial charge in [0, 0.05) is 28.9 Å². The van der Waals surface area contributed by atoms with E-state index in [-0.39, 0.29) is 5.56 Å². The maximum atomic E-state index is 12.3. The van der Waals surface area contributed by atoms with Crippen LogP contribution < -0.4 is 14.7 Å². The molecule has 0 atom stereocenters. The first-order chi connectivity index (χ1) is 13.8. The quantitative estimate of drug-likeness (QED) is 0.654. The van der Waals surface area contributed by atoms with Crippen molar-refractivity contribution < 1.29 is 32.2 Å². The molecule has 0 aliphatic rings. The first-order valence-electron chi connectivity index (χ1n) is 8.30. The normalized spacial score (nSPS) is 10.9. The highest BCUT2D eigenvalue weighted by Crippen LogP contribution is 2.24. The number of aromatic nitrogens is 1. The number of hydrogen-bond acceptors (Lipinski definition) is 3. The molecule has 2 aromatic carbocycles. The summed E-state index contributed by atoms with van der Waals surface area (Å²) in [4.78, 5) is 24.4. The zero-order valence-electron chi connectivity index (χ0n) is 14.8. The lowest BCUT2D eigenvalue weighted by atomic mass is 10.1. The van der Waals surface area contributed by atoms with Crippen molar-refractivity contribution >= 4 is 17.5 Å². The number of nitrogens with zero attached hydrogens (tertiary/aromatic N) is 2. The van der Waals surface area contributed by atoms with Crippen LogP contribution in [0.25, 0.3) is 5.43 Å². The fourth-order valence-corrected chi connectivity index (χ4v) is 2.33. The van der Waals surface area contributed by atoms with Crippen molar-refractivity contribution in [3.63, 3.8) is 0 Å². The summed E-state index contributed by atoms with van der Waals surface area (Å²) >= 11 is 0. The third kappa shape index (κ3) is 5.80. The van der Waals surface area contributed by atoms with Gasteiger partial charge in [0.25, 0.3) is 5.91 Å². The molecule has 0 bridgehead atoms. The maximum Gasteiger partial charge on any atom is 0.573 e. The molecule has 0 saturated heterocycles. The predicted molar refractivity (Wildman–Crippen MR) is 97.2 cm³/mol. The van der Waals surface area contributed by atoms with Gasteiger partial charge in [0.2, 0.25) is 0 Å². The molecule has 0 spiro atoms. The molecule has 1 N–H and O–H groups in total. The third-order valence-corrected chi connectivity index (χ3v) is 3.65. The number of benzene rings is 2. The molecule has 148 valence electrons. The first kappa shape index (κ1) is 19.9. The second kappa shape index (κ2) is 8.42. The summed E-state index contributed by atoms with van der Waals surface area (Å²) in [5.41, 5.74) is 4.75. The van der Waals surface area contributed by atoms with E-state index in [1.165, 1.54) is 41.1 Å². The number of halogens is 3. The van der Waals surface area contributed by atoms with Crippen molar-refractivity contribution in [3.8, 4) is 5.75 Å². The Hall–Kier alpha value is -3.88. The molecular weight excluding hydrogens is 387 g/mol. The lowest BCUT2D eigenvalue weighted by Crippen LogP contribution is -2.30. The number of rotatable bonds is 5. The molecule has 0 unspecified atom stereocenters. The molecule has 0 aliphatic heterocycles. The van der Waals surface area contributed by atoms with Gasteiger partial charge in [-0.1, -0.05) is 18.2 Å². The molecule has 0 aliphatic carbocycles. The van der Waals surface area contributed by atoms with Crippen molar-refractivity contribution in [3.05, 3.63) is 95.7 Å². The molecule has 2 amide bonds. The van der Waals surface area contributed by atoms with Crippen LogP contribution in [0.1, 0.15) is 20.7 Å². The van der Waals surface area contributed by atoms with Crippen molar-refractivity contribution in [2.75, 3.05) is 5.32 Å². The van der Waals surface area contributed by atoms with E-state index in [9.17, 15) is 22.8 Å². The maximum absolute atomic E-state index is 12.3. The van der Waals surface area contributed by atoms with Gasteiger partial charge in [0.1, 0.15) is 11.7 Å². The lowest BCUT2D eigenvalue weighted by molar-refractivity contribution is -0.617. The highest BCUT2D eigenvalue weighted by atomic mass is 19.4. The van der Waals surface area contributed by atoms with Crippen LogP contribution in [-0.2, 0) is 0 Å². The van der Waals surface area contributed by atoms with E-state index in [4.69, 9.17) is 0 Å². The van der Waals surface area contributed by atoms with Crippen molar-refractivity contribution in [1.82, 2.24) is 0 Å². The van der Waals surface area contributed by atoms with E-state index in [0.717, 1.165) is 12.1 Å². The standard InChI is InChI=1S/C20H14F3N3O3/c21-20(22,23)29-17-10-8-16(9-11-17)24-18(27)14-4-6-15(7-5-14)19(28)25-26-12-2-1-3-13-26/h1-13H,(H,24,27). The Kier molecular flexibility index (Phi) is 5.77. The monoisotopic (exact) mass is 401 g/mol. The molecule has 0 fully saturated rings. The van der Waals surface area contributed by atoms with E-state index in [1.807, 2.05) is 0 Å². The van der Waals surface area contributed by atoms with Gasteiger partial charge in [-0.3, -0.25) is 4.79 Å². The Morgan fingerprint density at radius 1 is 0.862 bits per heavy atom. The lowest BCUT2D eigenvalue weighted by Gasteiger charge is -2.12. The van der Waals surface area contributed by atoms with Gasteiger partial charge in [-0.2, -0.15) is 0 Å². The van der Waals surface area contributed by atoms with Crippen molar-refractivity contribution in [2.45, 2.75) is 6.36 Å².